The molecule has 0 aliphatic carbocycles. The fourth-order valence-electron chi connectivity index (χ4n) is 1.87. The highest BCUT2D eigenvalue weighted by molar-refractivity contribution is 5.97. The Morgan fingerprint density at radius 3 is 2.65 bits per heavy atom. The summed E-state index contributed by atoms with van der Waals surface area (Å²) in [5.74, 6) is 0.613. The van der Waals surface area contributed by atoms with Crippen molar-refractivity contribution in [3.63, 3.8) is 0 Å². The lowest BCUT2D eigenvalue weighted by Crippen LogP contribution is -2.09. The number of carbonyl (C=O) groups is 1. The number of rotatable bonds is 5. The lowest BCUT2D eigenvalue weighted by molar-refractivity contribution is 0.0487. The molecule has 4 heteroatoms. The van der Waals surface area contributed by atoms with Gasteiger partial charge in [-0.3, -0.25) is 0 Å². The number of benzene rings is 1. The van der Waals surface area contributed by atoms with Crippen LogP contribution in [0, 0.1) is 12.8 Å². The molecule has 0 bridgehead atoms. The summed E-state index contributed by atoms with van der Waals surface area (Å²) < 4.78 is 10.4. The van der Waals surface area contributed by atoms with Crippen LogP contribution in [-0.4, -0.2) is 17.7 Å². The SMILES string of the molecule is Cc1onc(-c2ccccc2)c1C(=O)OCCC(C)C. The predicted octanol–water partition coefficient (Wildman–Crippen LogP) is 3.85. The highest BCUT2D eigenvalue weighted by Crippen LogP contribution is 2.25. The van der Waals surface area contributed by atoms with Crippen molar-refractivity contribution in [1.29, 1.82) is 0 Å². The molecule has 2 aromatic rings. The average molecular weight is 273 g/mol. The molecule has 1 aromatic carbocycles. The molecular formula is C16H19NO3. The Kier molecular flexibility index (Phi) is 4.56. The van der Waals surface area contributed by atoms with Gasteiger partial charge in [0.15, 0.2) is 0 Å². The lowest BCUT2D eigenvalue weighted by Gasteiger charge is -2.07. The second-order valence-corrected chi connectivity index (χ2v) is 5.15. The van der Waals surface area contributed by atoms with Gasteiger partial charge in [0.2, 0.25) is 0 Å². The van der Waals surface area contributed by atoms with Crippen molar-refractivity contribution in [3.05, 3.63) is 41.7 Å². The molecule has 0 spiro atoms. The van der Waals surface area contributed by atoms with Crippen molar-refractivity contribution < 1.29 is 14.1 Å². The number of nitrogens with zero attached hydrogens (tertiary/aromatic N) is 1. The Morgan fingerprint density at radius 1 is 1.30 bits per heavy atom. The minimum Gasteiger partial charge on any atom is -0.462 e. The van der Waals surface area contributed by atoms with Gasteiger partial charge in [-0.05, 0) is 19.3 Å². The average Bonchev–Trinajstić information content (AvgIpc) is 2.81. The van der Waals surface area contributed by atoms with Gasteiger partial charge in [0.1, 0.15) is 17.0 Å². The fraction of sp³-hybridized carbons (Fsp3) is 0.375. The van der Waals surface area contributed by atoms with Crippen molar-refractivity contribution >= 4 is 5.97 Å². The van der Waals surface area contributed by atoms with Gasteiger partial charge in [-0.2, -0.15) is 0 Å². The van der Waals surface area contributed by atoms with E-state index in [-0.39, 0.29) is 5.97 Å². The summed E-state index contributed by atoms with van der Waals surface area (Å²) in [6.45, 7) is 6.32. The van der Waals surface area contributed by atoms with Crippen LogP contribution >= 0.6 is 0 Å². The van der Waals surface area contributed by atoms with Crippen molar-refractivity contribution in [2.45, 2.75) is 27.2 Å². The van der Waals surface area contributed by atoms with Crippen LogP contribution in [0.1, 0.15) is 36.4 Å². The molecule has 2 rings (SSSR count). The number of ether oxygens (including phenoxy) is 1. The normalized spacial score (nSPS) is 10.8. The molecule has 1 heterocycles. The third-order valence-electron chi connectivity index (χ3n) is 3.04. The summed E-state index contributed by atoms with van der Waals surface area (Å²) in [5, 5.41) is 3.97. The molecule has 0 unspecified atom stereocenters. The molecule has 0 amide bonds. The summed E-state index contributed by atoms with van der Waals surface area (Å²) in [5.41, 5.74) is 1.80. The van der Waals surface area contributed by atoms with E-state index in [0.29, 0.717) is 29.5 Å². The molecule has 0 aliphatic rings. The van der Waals surface area contributed by atoms with Crippen LogP contribution in [0.15, 0.2) is 34.9 Å². The highest BCUT2D eigenvalue weighted by Gasteiger charge is 2.22. The van der Waals surface area contributed by atoms with E-state index in [0.717, 1.165) is 12.0 Å². The van der Waals surface area contributed by atoms with E-state index < -0.39 is 0 Å². The standard InChI is InChI=1S/C16H19NO3/c1-11(2)9-10-19-16(18)14-12(3)20-17-15(14)13-7-5-4-6-8-13/h4-8,11H,9-10H2,1-3H3. The van der Waals surface area contributed by atoms with Crippen molar-refractivity contribution in [1.82, 2.24) is 5.16 Å². The van der Waals surface area contributed by atoms with E-state index in [4.69, 9.17) is 9.26 Å². The van der Waals surface area contributed by atoms with Crippen LogP contribution in [0.4, 0.5) is 0 Å². The Hall–Kier alpha value is -2.10. The summed E-state index contributed by atoms with van der Waals surface area (Å²) in [7, 11) is 0. The molecule has 1 aromatic heterocycles. The summed E-state index contributed by atoms with van der Waals surface area (Å²) >= 11 is 0. The zero-order valence-corrected chi connectivity index (χ0v) is 12.1. The molecular weight excluding hydrogens is 254 g/mol. The van der Waals surface area contributed by atoms with Crippen molar-refractivity contribution in [3.8, 4) is 11.3 Å². The van der Waals surface area contributed by atoms with Gasteiger partial charge in [0, 0.05) is 5.56 Å². The zero-order valence-electron chi connectivity index (χ0n) is 12.1. The van der Waals surface area contributed by atoms with Crippen LogP contribution in [0.25, 0.3) is 11.3 Å². The molecule has 4 nitrogen and oxygen atoms in total. The van der Waals surface area contributed by atoms with Gasteiger partial charge in [-0.25, -0.2) is 4.79 Å². The third kappa shape index (κ3) is 3.26. The minimum atomic E-state index is -0.372. The van der Waals surface area contributed by atoms with Crippen LogP contribution in [-0.2, 0) is 4.74 Å². The predicted molar refractivity (Wildman–Crippen MR) is 76.4 cm³/mol. The number of aryl methyl sites for hydroxylation is 1. The Bertz CT molecular complexity index is 573. The molecule has 0 aliphatic heterocycles. The van der Waals surface area contributed by atoms with Crippen LogP contribution in [0.5, 0.6) is 0 Å². The van der Waals surface area contributed by atoms with Gasteiger partial charge < -0.3 is 9.26 Å². The van der Waals surface area contributed by atoms with E-state index in [1.54, 1.807) is 6.92 Å². The second-order valence-electron chi connectivity index (χ2n) is 5.15. The number of esters is 1. The number of hydrogen-bond acceptors (Lipinski definition) is 4. The van der Waals surface area contributed by atoms with E-state index in [1.807, 2.05) is 30.3 Å². The molecule has 0 saturated carbocycles. The van der Waals surface area contributed by atoms with E-state index in [1.165, 1.54) is 0 Å². The third-order valence-corrected chi connectivity index (χ3v) is 3.04. The molecule has 0 saturated heterocycles. The summed E-state index contributed by atoms with van der Waals surface area (Å²) in [6, 6.07) is 9.49. The monoisotopic (exact) mass is 273 g/mol. The smallest absolute Gasteiger partial charge is 0.344 e. The first kappa shape index (κ1) is 14.3. The van der Waals surface area contributed by atoms with Gasteiger partial charge >= 0.3 is 5.97 Å². The first-order valence-corrected chi connectivity index (χ1v) is 6.78. The number of carbonyl (C=O) groups excluding carboxylic acids is 1. The second kappa shape index (κ2) is 6.37. The fourth-order valence-corrected chi connectivity index (χ4v) is 1.87. The van der Waals surface area contributed by atoms with Crippen molar-refractivity contribution in [2.24, 2.45) is 5.92 Å². The van der Waals surface area contributed by atoms with Crippen LogP contribution in [0.3, 0.4) is 0 Å². The van der Waals surface area contributed by atoms with Gasteiger partial charge in [0.25, 0.3) is 0 Å². The minimum absolute atomic E-state index is 0.372. The number of hydrogen-bond donors (Lipinski definition) is 0. The van der Waals surface area contributed by atoms with E-state index in [9.17, 15) is 4.79 Å². The van der Waals surface area contributed by atoms with E-state index >= 15 is 0 Å². The molecule has 0 fully saturated rings. The van der Waals surface area contributed by atoms with Crippen molar-refractivity contribution in [2.75, 3.05) is 6.61 Å². The maximum atomic E-state index is 12.2. The maximum Gasteiger partial charge on any atom is 0.344 e. The first-order valence-electron chi connectivity index (χ1n) is 6.78. The molecule has 0 radical (unpaired) electrons. The van der Waals surface area contributed by atoms with Gasteiger partial charge in [-0.15, -0.1) is 0 Å². The van der Waals surface area contributed by atoms with Gasteiger partial charge in [0.05, 0.1) is 6.61 Å². The maximum absolute atomic E-state index is 12.2. The zero-order chi connectivity index (χ0) is 14.5. The molecule has 0 atom stereocenters. The Morgan fingerprint density at radius 2 is 2.00 bits per heavy atom. The molecule has 20 heavy (non-hydrogen) atoms. The number of aromatic nitrogens is 1. The highest BCUT2D eigenvalue weighted by atomic mass is 16.5. The Balaban J connectivity index is 2.19. The van der Waals surface area contributed by atoms with Gasteiger partial charge in [-0.1, -0.05) is 49.3 Å². The summed E-state index contributed by atoms with van der Waals surface area (Å²) in [4.78, 5) is 12.2. The van der Waals surface area contributed by atoms with E-state index in [2.05, 4.69) is 19.0 Å². The topological polar surface area (TPSA) is 52.3 Å². The Labute approximate surface area is 118 Å². The largest absolute Gasteiger partial charge is 0.462 e. The van der Waals surface area contributed by atoms with Crippen LogP contribution < -0.4 is 0 Å². The molecule has 106 valence electrons. The quantitative estimate of drug-likeness (QED) is 0.776. The molecule has 0 N–H and O–H groups in total. The van der Waals surface area contributed by atoms with Crippen LogP contribution in [0.2, 0.25) is 0 Å². The summed E-state index contributed by atoms with van der Waals surface area (Å²) in [6.07, 6.45) is 0.844. The lowest BCUT2D eigenvalue weighted by atomic mass is 10.1. The first-order chi connectivity index (χ1) is 9.59.